The van der Waals surface area contributed by atoms with Crippen LogP contribution in [0.5, 0.6) is 11.5 Å². The molecule has 0 aliphatic carbocycles. The highest BCUT2D eigenvalue weighted by molar-refractivity contribution is 5.45. The first kappa shape index (κ1) is 11.8. The number of phenols is 1. The van der Waals surface area contributed by atoms with Crippen LogP contribution in [0.1, 0.15) is 23.3 Å². The Morgan fingerprint density at radius 3 is 2.65 bits per heavy atom. The molecule has 102 valence electrons. The average molecular weight is 270 g/mol. The third kappa shape index (κ3) is 1.77. The van der Waals surface area contributed by atoms with E-state index in [-0.39, 0.29) is 30.9 Å². The van der Waals surface area contributed by atoms with Crippen LogP contribution in [0, 0.1) is 0 Å². The van der Waals surface area contributed by atoms with Crippen LogP contribution < -0.4 is 4.74 Å². The van der Waals surface area contributed by atoms with Crippen LogP contribution in [0.25, 0.3) is 0 Å². The molecule has 0 aromatic heterocycles. The van der Waals surface area contributed by atoms with E-state index in [4.69, 9.17) is 14.2 Å². The largest absolute Gasteiger partial charge is 0.508 e. The van der Waals surface area contributed by atoms with E-state index in [1.54, 1.807) is 12.1 Å². The van der Waals surface area contributed by atoms with Crippen molar-refractivity contribution in [1.29, 1.82) is 0 Å². The van der Waals surface area contributed by atoms with Gasteiger partial charge in [-0.05, 0) is 17.7 Å². The molecule has 4 nitrogen and oxygen atoms in total. The van der Waals surface area contributed by atoms with Crippen molar-refractivity contribution < 1.29 is 19.3 Å². The lowest BCUT2D eigenvalue weighted by Gasteiger charge is -2.34. The van der Waals surface area contributed by atoms with Crippen LogP contribution in [-0.4, -0.2) is 18.0 Å². The molecule has 3 atom stereocenters. The second-order valence-corrected chi connectivity index (χ2v) is 5.01. The van der Waals surface area contributed by atoms with Gasteiger partial charge in [0.05, 0.1) is 0 Å². The highest BCUT2D eigenvalue weighted by Crippen LogP contribution is 2.47. The summed E-state index contributed by atoms with van der Waals surface area (Å²) < 4.78 is 17.4. The minimum absolute atomic E-state index is 0.149. The molecule has 3 unspecified atom stereocenters. The lowest BCUT2D eigenvalue weighted by molar-refractivity contribution is -0.00823. The number of ether oxygens (including phenoxy) is 3. The Labute approximate surface area is 116 Å². The zero-order chi connectivity index (χ0) is 13.5. The molecule has 2 aromatic rings. The molecule has 0 bridgehead atoms. The van der Waals surface area contributed by atoms with Crippen molar-refractivity contribution in [2.45, 2.75) is 18.3 Å². The van der Waals surface area contributed by atoms with Crippen LogP contribution in [0.15, 0.2) is 48.5 Å². The number of hydrogen-bond donors (Lipinski definition) is 1. The van der Waals surface area contributed by atoms with Gasteiger partial charge in [-0.3, -0.25) is 0 Å². The van der Waals surface area contributed by atoms with Crippen molar-refractivity contribution in [2.24, 2.45) is 0 Å². The van der Waals surface area contributed by atoms with E-state index in [1.165, 1.54) is 0 Å². The van der Waals surface area contributed by atoms with Crippen LogP contribution in [0.3, 0.4) is 0 Å². The maximum Gasteiger partial charge on any atom is 0.153 e. The smallest absolute Gasteiger partial charge is 0.153 e. The van der Waals surface area contributed by atoms with E-state index < -0.39 is 0 Å². The SMILES string of the molecule is Oc1ccc2c(c1)OC(c1ccccc1)C1OCOC21. The minimum Gasteiger partial charge on any atom is -0.508 e. The molecule has 0 radical (unpaired) electrons. The van der Waals surface area contributed by atoms with Gasteiger partial charge in [-0.2, -0.15) is 0 Å². The Morgan fingerprint density at radius 1 is 0.950 bits per heavy atom. The summed E-state index contributed by atoms with van der Waals surface area (Å²) in [6.45, 7) is 0.266. The Kier molecular flexibility index (Phi) is 2.65. The molecule has 2 heterocycles. The molecule has 4 rings (SSSR count). The third-order valence-electron chi connectivity index (χ3n) is 3.79. The molecule has 4 heteroatoms. The average Bonchev–Trinajstić information content (AvgIpc) is 2.96. The van der Waals surface area contributed by atoms with Crippen molar-refractivity contribution in [3.63, 3.8) is 0 Å². The van der Waals surface area contributed by atoms with Gasteiger partial charge in [-0.15, -0.1) is 0 Å². The number of aromatic hydroxyl groups is 1. The van der Waals surface area contributed by atoms with Crippen molar-refractivity contribution in [3.05, 3.63) is 59.7 Å². The predicted octanol–water partition coefficient (Wildman–Crippen LogP) is 2.94. The van der Waals surface area contributed by atoms with Gasteiger partial charge in [0.15, 0.2) is 6.10 Å². The molecule has 2 aliphatic heterocycles. The maximum atomic E-state index is 9.63. The molecule has 1 saturated heterocycles. The van der Waals surface area contributed by atoms with Gasteiger partial charge in [0.25, 0.3) is 0 Å². The lowest BCUT2D eigenvalue weighted by Crippen LogP contribution is -2.32. The standard InChI is InChI=1S/C16H14O4/c17-11-6-7-12-13(8-11)20-14(10-4-2-1-3-5-10)16-15(12)18-9-19-16/h1-8,14-17H,9H2. The predicted molar refractivity (Wildman–Crippen MR) is 71.5 cm³/mol. The van der Waals surface area contributed by atoms with Gasteiger partial charge in [0.1, 0.15) is 30.5 Å². The van der Waals surface area contributed by atoms with Gasteiger partial charge in [-0.1, -0.05) is 30.3 Å². The number of fused-ring (bicyclic) bond motifs is 3. The monoisotopic (exact) mass is 270 g/mol. The number of phenolic OH excluding ortho intramolecular Hbond substituents is 1. The molecule has 20 heavy (non-hydrogen) atoms. The maximum absolute atomic E-state index is 9.63. The van der Waals surface area contributed by atoms with Crippen molar-refractivity contribution >= 4 is 0 Å². The summed E-state index contributed by atoms with van der Waals surface area (Å²) in [4.78, 5) is 0. The van der Waals surface area contributed by atoms with E-state index in [0.717, 1.165) is 11.1 Å². The molecule has 2 aliphatic rings. The van der Waals surface area contributed by atoms with Gasteiger partial charge in [0, 0.05) is 11.6 Å². The number of rotatable bonds is 1. The summed E-state index contributed by atoms with van der Waals surface area (Å²) >= 11 is 0. The van der Waals surface area contributed by atoms with E-state index in [2.05, 4.69) is 0 Å². The molecule has 0 saturated carbocycles. The van der Waals surface area contributed by atoms with E-state index in [1.807, 2.05) is 36.4 Å². The zero-order valence-corrected chi connectivity index (χ0v) is 10.7. The second-order valence-electron chi connectivity index (χ2n) is 5.01. The van der Waals surface area contributed by atoms with Gasteiger partial charge in [0.2, 0.25) is 0 Å². The summed E-state index contributed by atoms with van der Waals surface area (Å²) in [5.74, 6) is 0.846. The fraction of sp³-hybridized carbons (Fsp3) is 0.250. The first-order valence-electron chi connectivity index (χ1n) is 6.60. The van der Waals surface area contributed by atoms with Crippen LogP contribution in [0.2, 0.25) is 0 Å². The highest BCUT2D eigenvalue weighted by atomic mass is 16.7. The van der Waals surface area contributed by atoms with Gasteiger partial charge in [-0.25, -0.2) is 0 Å². The van der Waals surface area contributed by atoms with Gasteiger partial charge >= 0.3 is 0 Å². The molecular formula is C16H14O4. The lowest BCUT2D eigenvalue weighted by atomic mass is 9.92. The molecule has 1 N–H and O–H groups in total. The molecule has 1 fully saturated rings. The minimum atomic E-state index is -0.224. The first-order valence-corrected chi connectivity index (χ1v) is 6.60. The Morgan fingerprint density at radius 2 is 1.80 bits per heavy atom. The summed E-state index contributed by atoms with van der Waals surface area (Å²) in [6.07, 6.45) is -0.531. The summed E-state index contributed by atoms with van der Waals surface area (Å²) in [6, 6.07) is 15.0. The van der Waals surface area contributed by atoms with E-state index in [9.17, 15) is 5.11 Å². The summed E-state index contributed by atoms with van der Waals surface area (Å²) in [5, 5.41) is 9.63. The first-order chi connectivity index (χ1) is 9.83. The van der Waals surface area contributed by atoms with E-state index in [0.29, 0.717) is 5.75 Å². The third-order valence-corrected chi connectivity index (χ3v) is 3.79. The quantitative estimate of drug-likeness (QED) is 0.865. The van der Waals surface area contributed by atoms with Crippen molar-refractivity contribution in [2.75, 3.05) is 6.79 Å². The fourth-order valence-corrected chi connectivity index (χ4v) is 2.85. The van der Waals surface area contributed by atoms with E-state index >= 15 is 0 Å². The van der Waals surface area contributed by atoms with Crippen molar-refractivity contribution in [3.8, 4) is 11.5 Å². The Hall–Kier alpha value is -2.04. The Bertz CT molecular complexity index is 626. The zero-order valence-electron chi connectivity index (χ0n) is 10.7. The topological polar surface area (TPSA) is 47.9 Å². The second kappa shape index (κ2) is 4.51. The summed E-state index contributed by atoms with van der Waals surface area (Å²) in [5.41, 5.74) is 1.97. The molecular weight excluding hydrogens is 256 g/mol. The van der Waals surface area contributed by atoms with Crippen LogP contribution in [-0.2, 0) is 9.47 Å². The molecule has 2 aromatic carbocycles. The summed E-state index contributed by atoms with van der Waals surface area (Å²) in [7, 11) is 0. The number of hydrogen-bond acceptors (Lipinski definition) is 4. The molecule has 0 amide bonds. The van der Waals surface area contributed by atoms with Crippen LogP contribution >= 0.6 is 0 Å². The van der Waals surface area contributed by atoms with Crippen molar-refractivity contribution in [1.82, 2.24) is 0 Å². The Balaban J connectivity index is 1.80. The fourth-order valence-electron chi connectivity index (χ4n) is 2.85. The normalized spacial score (nSPS) is 27.5. The van der Waals surface area contributed by atoms with Gasteiger partial charge < -0.3 is 19.3 Å². The number of benzene rings is 2. The highest BCUT2D eigenvalue weighted by Gasteiger charge is 2.44. The molecule has 0 spiro atoms. The van der Waals surface area contributed by atoms with Crippen LogP contribution in [0.4, 0.5) is 0 Å².